The van der Waals surface area contributed by atoms with Gasteiger partial charge in [-0.25, -0.2) is 0 Å². The van der Waals surface area contributed by atoms with E-state index in [4.69, 9.17) is 9.47 Å². The fourth-order valence-corrected chi connectivity index (χ4v) is 1.51. The first-order valence-electron chi connectivity index (χ1n) is 5.78. The lowest BCUT2D eigenvalue weighted by atomic mass is 10.2. The lowest BCUT2D eigenvalue weighted by Gasteiger charge is -2.13. The van der Waals surface area contributed by atoms with Crippen molar-refractivity contribution in [2.24, 2.45) is 0 Å². The van der Waals surface area contributed by atoms with Crippen LogP contribution in [0.1, 0.15) is 26.7 Å². The number of hydrogen-bond acceptors (Lipinski definition) is 3. The smallest absolute Gasteiger partial charge is 0.0809 e. The Balaban J connectivity index is 1.96. The van der Waals surface area contributed by atoms with E-state index < -0.39 is 0 Å². The average molecular weight is 213 g/mol. The molecule has 0 aromatic carbocycles. The summed E-state index contributed by atoms with van der Waals surface area (Å²) in [4.78, 5) is 0. The van der Waals surface area contributed by atoms with Gasteiger partial charge in [-0.3, -0.25) is 0 Å². The minimum absolute atomic E-state index is 0.316. The molecule has 1 aliphatic heterocycles. The second-order valence-corrected chi connectivity index (χ2v) is 4.44. The summed E-state index contributed by atoms with van der Waals surface area (Å²) in [5.41, 5.74) is 1.10. The monoisotopic (exact) mass is 213 g/mol. The second kappa shape index (κ2) is 6.99. The van der Waals surface area contributed by atoms with Gasteiger partial charge in [0.1, 0.15) is 0 Å². The zero-order valence-corrected chi connectivity index (χ0v) is 9.92. The molecule has 1 heterocycles. The quantitative estimate of drug-likeness (QED) is 0.653. The highest BCUT2D eigenvalue weighted by atomic mass is 16.5. The SMILES string of the molecule is C=C(CNC(C)C)COCC1CCCO1. The third-order valence-electron chi connectivity index (χ3n) is 2.39. The van der Waals surface area contributed by atoms with E-state index >= 15 is 0 Å². The summed E-state index contributed by atoms with van der Waals surface area (Å²) < 4.78 is 11.0. The molecular weight excluding hydrogens is 190 g/mol. The first-order chi connectivity index (χ1) is 7.18. The van der Waals surface area contributed by atoms with Gasteiger partial charge in [0, 0.05) is 19.2 Å². The van der Waals surface area contributed by atoms with Crippen LogP contribution in [0.5, 0.6) is 0 Å². The summed E-state index contributed by atoms with van der Waals surface area (Å²) in [7, 11) is 0. The number of ether oxygens (including phenoxy) is 2. The number of rotatable bonds is 7. The topological polar surface area (TPSA) is 30.5 Å². The molecule has 15 heavy (non-hydrogen) atoms. The summed E-state index contributed by atoms with van der Waals surface area (Å²) >= 11 is 0. The van der Waals surface area contributed by atoms with E-state index in [1.807, 2.05) is 0 Å². The summed E-state index contributed by atoms with van der Waals surface area (Å²) in [6.45, 7) is 11.3. The van der Waals surface area contributed by atoms with Gasteiger partial charge < -0.3 is 14.8 Å². The molecule has 1 unspecified atom stereocenters. The molecule has 88 valence electrons. The van der Waals surface area contributed by atoms with Crippen LogP contribution in [0, 0.1) is 0 Å². The van der Waals surface area contributed by atoms with E-state index in [1.165, 1.54) is 6.42 Å². The Hall–Kier alpha value is -0.380. The third kappa shape index (κ3) is 5.92. The molecule has 1 aliphatic rings. The van der Waals surface area contributed by atoms with Crippen molar-refractivity contribution >= 4 is 0 Å². The van der Waals surface area contributed by atoms with Crippen molar-refractivity contribution in [2.75, 3.05) is 26.4 Å². The van der Waals surface area contributed by atoms with Gasteiger partial charge in [-0.05, 0) is 18.4 Å². The molecule has 1 saturated heterocycles. The molecule has 0 bridgehead atoms. The maximum Gasteiger partial charge on any atom is 0.0809 e. The van der Waals surface area contributed by atoms with Crippen LogP contribution in [0.3, 0.4) is 0 Å². The van der Waals surface area contributed by atoms with Crippen LogP contribution in [0.25, 0.3) is 0 Å². The molecule has 3 nitrogen and oxygen atoms in total. The predicted octanol–water partition coefficient (Wildman–Crippen LogP) is 1.74. The van der Waals surface area contributed by atoms with Crippen molar-refractivity contribution in [1.29, 1.82) is 0 Å². The molecule has 1 N–H and O–H groups in total. The normalized spacial score (nSPS) is 21.1. The number of nitrogens with one attached hydrogen (secondary N) is 1. The minimum atomic E-state index is 0.316. The fourth-order valence-electron chi connectivity index (χ4n) is 1.51. The molecule has 0 aromatic heterocycles. The van der Waals surface area contributed by atoms with Gasteiger partial charge in [-0.15, -0.1) is 0 Å². The van der Waals surface area contributed by atoms with E-state index in [0.717, 1.165) is 25.1 Å². The summed E-state index contributed by atoms with van der Waals surface area (Å²) in [6.07, 6.45) is 2.62. The van der Waals surface area contributed by atoms with Gasteiger partial charge in [0.2, 0.25) is 0 Å². The maximum absolute atomic E-state index is 5.55. The zero-order chi connectivity index (χ0) is 11.1. The average Bonchev–Trinajstić information content (AvgIpc) is 2.67. The van der Waals surface area contributed by atoms with Crippen LogP contribution in [-0.2, 0) is 9.47 Å². The predicted molar refractivity (Wildman–Crippen MR) is 62.1 cm³/mol. The lowest BCUT2D eigenvalue weighted by Crippen LogP contribution is -2.26. The van der Waals surface area contributed by atoms with E-state index in [1.54, 1.807) is 0 Å². The molecule has 0 aromatic rings. The van der Waals surface area contributed by atoms with E-state index in [2.05, 4.69) is 25.7 Å². The van der Waals surface area contributed by atoms with Crippen LogP contribution in [-0.4, -0.2) is 38.5 Å². The Kier molecular flexibility index (Phi) is 5.91. The third-order valence-corrected chi connectivity index (χ3v) is 2.39. The molecule has 0 amide bonds. The van der Waals surface area contributed by atoms with Gasteiger partial charge in [-0.2, -0.15) is 0 Å². The lowest BCUT2D eigenvalue weighted by molar-refractivity contribution is 0.0245. The first kappa shape index (κ1) is 12.7. The summed E-state index contributed by atoms with van der Waals surface area (Å²) in [5, 5.41) is 3.31. The molecule has 1 atom stereocenters. The van der Waals surface area contributed by atoms with E-state index in [0.29, 0.717) is 25.4 Å². The van der Waals surface area contributed by atoms with Crippen molar-refractivity contribution in [3.05, 3.63) is 12.2 Å². The van der Waals surface area contributed by atoms with Gasteiger partial charge in [0.15, 0.2) is 0 Å². The highest BCUT2D eigenvalue weighted by Gasteiger charge is 2.15. The van der Waals surface area contributed by atoms with Crippen LogP contribution in [0.4, 0.5) is 0 Å². The zero-order valence-electron chi connectivity index (χ0n) is 9.92. The Bertz CT molecular complexity index is 186. The standard InChI is InChI=1S/C12H23NO2/c1-10(2)13-7-11(3)8-14-9-12-5-4-6-15-12/h10,12-13H,3-9H2,1-2H3. The van der Waals surface area contributed by atoms with Crippen molar-refractivity contribution in [3.63, 3.8) is 0 Å². The van der Waals surface area contributed by atoms with Crippen LogP contribution in [0.15, 0.2) is 12.2 Å². The van der Waals surface area contributed by atoms with Crippen molar-refractivity contribution in [2.45, 2.75) is 38.8 Å². The number of hydrogen-bond donors (Lipinski definition) is 1. The van der Waals surface area contributed by atoms with Crippen molar-refractivity contribution in [1.82, 2.24) is 5.32 Å². The Morgan fingerprint density at radius 1 is 1.60 bits per heavy atom. The molecule has 0 spiro atoms. The molecule has 3 heteroatoms. The van der Waals surface area contributed by atoms with Crippen LogP contribution < -0.4 is 5.32 Å². The largest absolute Gasteiger partial charge is 0.376 e. The summed E-state index contributed by atoms with van der Waals surface area (Å²) in [6, 6.07) is 0.500. The molecule has 1 rings (SSSR count). The molecule has 0 radical (unpaired) electrons. The maximum atomic E-state index is 5.55. The van der Waals surface area contributed by atoms with Crippen molar-refractivity contribution < 1.29 is 9.47 Å². The van der Waals surface area contributed by atoms with Crippen molar-refractivity contribution in [3.8, 4) is 0 Å². The van der Waals surface area contributed by atoms with E-state index in [-0.39, 0.29) is 0 Å². The molecule has 0 saturated carbocycles. The van der Waals surface area contributed by atoms with Gasteiger partial charge in [-0.1, -0.05) is 20.4 Å². The van der Waals surface area contributed by atoms with Crippen LogP contribution in [0.2, 0.25) is 0 Å². The van der Waals surface area contributed by atoms with Crippen LogP contribution >= 0.6 is 0 Å². The highest BCUT2D eigenvalue weighted by Crippen LogP contribution is 2.12. The highest BCUT2D eigenvalue weighted by molar-refractivity contribution is 4.97. The molecule has 1 fully saturated rings. The van der Waals surface area contributed by atoms with Gasteiger partial charge >= 0.3 is 0 Å². The summed E-state index contributed by atoms with van der Waals surface area (Å²) in [5.74, 6) is 0. The Morgan fingerprint density at radius 3 is 3.00 bits per heavy atom. The van der Waals surface area contributed by atoms with Gasteiger partial charge in [0.25, 0.3) is 0 Å². The first-order valence-corrected chi connectivity index (χ1v) is 5.78. The fraction of sp³-hybridized carbons (Fsp3) is 0.833. The van der Waals surface area contributed by atoms with E-state index in [9.17, 15) is 0 Å². The minimum Gasteiger partial charge on any atom is -0.376 e. The Labute approximate surface area is 92.8 Å². The molecule has 0 aliphatic carbocycles. The molecular formula is C12H23NO2. The Morgan fingerprint density at radius 2 is 2.40 bits per heavy atom. The van der Waals surface area contributed by atoms with Gasteiger partial charge in [0.05, 0.1) is 19.3 Å². The second-order valence-electron chi connectivity index (χ2n) is 4.44.